The van der Waals surface area contributed by atoms with Gasteiger partial charge in [-0.15, -0.1) is 0 Å². The number of hydrogen-bond donors (Lipinski definition) is 0. The molecule has 2 heteroatoms. The number of rotatable bonds is 4. The number of benzene rings is 2. The van der Waals surface area contributed by atoms with Crippen molar-refractivity contribution >= 4 is 0 Å². The van der Waals surface area contributed by atoms with Crippen LogP contribution in [-0.2, 0) is 6.42 Å². The van der Waals surface area contributed by atoms with Crippen LogP contribution in [0.25, 0.3) is 0 Å². The maximum Gasteiger partial charge on any atom is 0.174 e. The lowest BCUT2D eigenvalue weighted by molar-refractivity contribution is 0.364. The van der Waals surface area contributed by atoms with Gasteiger partial charge >= 0.3 is 0 Å². The summed E-state index contributed by atoms with van der Waals surface area (Å²) < 4.78 is 5.40. The second-order valence-electron chi connectivity index (χ2n) is 3.72. The van der Waals surface area contributed by atoms with Crippen LogP contribution in [0.1, 0.15) is 11.1 Å². The van der Waals surface area contributed by atoms with Crippen LogP contribution in [0.4, 0.5) is 0 Å². The molecule has 2 rings (SSSR count). The van der Waals surface area contributed by atoms with Crippen LogP contribution in [0.15, 0.2) is 54.6 Å². The van der Waals surface area contributed by atoms with Crippen LogP contribution in [-0.4, -0.2) is 6.61 Å². The molecule has 0 bridgehead atoms. The summed E-state index contributed by atoms with van der Waals surface area (Å²) in [6.07, 6.45) is 0.822. The van der Waals surface area contributed by atoms with Gasteiger partial charge in [-0.1, -0.05) is 48.5 Å². The van der Waals surface area contributed by atoms with Gasteiger partial charge in [0.1, 0.15) is 11.8 Å². The normalized spacial score (nSPS) is 9.59. The Labute approximate surface area is 101 Å². The van der Waals surface area contributed by atoms with Gasteiger partial charge in [0.15, 0.2) is 6.61 Å². The smallest absolute Gasteiger partial charge is 0.174 e. The van der Waals surface area contributed by atoms with Crippen LogP contribution in [0.3, 0.4) is 0 Å². The van der Waals surface area contributed by atoms with E-state index in [1.807, 2.05) is 48.5 Å². The molecule has 0 saturated heterocycles. The molecule has 0 heterocycles. The third kappa shape index (κ3) is 3.09. The fourth-order valence-corrected chi connectivity index (χ4v) is 1.72. The van der Waals surface area contributed by atoms with E-state index >= 15 is 0 Å². The Balaban J connectivity index is 2.18. The molecule has 2 aromatic rings. The van der Waals surface area contributed by atoms with Gasteiger partial charge in [-0.25, -0.2) is 0 Å². The minimum Gasteiger partial charge on any atom is -0.478 e. The molecule has 0 spiro atoms. The molecule has 0 atom stereocenters. The lowest BCUT2D eigenvalue weighted by Crippen LogP contribution is -1.98. The van der Waals surface area contributed by atoms with E-state index in [4.69, 9.17) is 10.00 Å². The van der Waals surface area contributed by atoms with E-state index in [2.05, 4.69) is 12.1 Å². The van der Waals surface area contributed by atoms with Gasteiger partial charge in [0.25, 0.3) is 0 Å². The summed E-state index contributed by atoms with van der Waals surface area (Å²) in [5.74, 6) is 0.790. The van der Waals surface area contributed by atoms with E-state index in [0.29, 0.717) is 0 Å². The SMILES string of the molecule is N#CCOc1ccccc1Cc1ccccc1. The van der Waals surface area contributed by atoms with Crippen molar-refractivity contribution in [2.24, 2.45) is 0 Å². The molecule has 84 valence electrons. The van der Waals surface area contributed by atoms with Gasteiger partial charge in [-0.05, 0) is 17.2 Å². The van der Waals surface area contributed by atoms with Crippen LogP contribution >= 0.6 is 0 Å². The second-order valence-corrected chi connectivity index (χ2v) is 3.72. The van der Waals surface area contributed by atoms with E-state index in [-0.39, 0.29) is 6.61 Å². The quantitative estimate of drug-likeness (QED) is 0.797. The summed E-state index contributed by atoms with van der Waals surface area (Å²) in [5, 5.41) is 8.53. The van der Waals surface area contributed by atoms with Crippen molar-refractivity contribution in [2.75, 3.05) is 6.61 Å². The Bertz CT molecular complexity index is 514. The Kier molecular flexibility index (Phi) is 3.77. The highest BCUT2D eigenvalue weighted by Crippen LogP contribution is 2.21. The number of nitrogens with zero attached hydrogens (tertiary/aromatic N) is 1. The first kappa shape index (κ1) is 11.2. The first-order chi connectivity index (χ1) is 8.40. The highest BCUT2D eigenvalue weighted by atomic mass is 16.5. The van der Waals surface area contributed by atoms with E-state index in [1.165, 1.54) is 5.56 Å². The van der Waals surface area contributed by atoms with Crippen LogP contribution in [0, 0.1) is 11.3 Å². The summed E-state index contributed by atoms with van der Waals surface area (Å²) in [6, 6.07) is 20.0. The van der Waals surface area contributed by atoms with Gasteiger partial charge in [0.2, 0.25) is 0 Å². The van der Waals surface area contributed by atoms with E-state index in [9.17, 15) is 0 Å². The van der Waals surface area contributed by atoms with E-state index in [0.717, 1.165) is 17.7 Å². The molecule has 0 aliphatic heterocycles. The third-order valence-electron chi connectivity index (χ3n) is 2.50. The largest absolute Gasteiger partial charge is 0.478 e. The molecule has 0 unspecified atom stereocenters. The fourth-order valence-electron chi connectivity index (χ4n) is 1.72. The number of ether oxygens (including phenoxy) is 1. The van der Waals surface area contributed by atoms with Crippen molar-refractivity contribution in [3.8, 4) is 11.8 Å². The van der Waals surface area contributed by atoms with Crippen molar-refractivity contribution < 1.29 is 4.74 Å². The van der Waals surface area contributed by atoms with E-state index < -0.39 is 0 Å². The fraction of sp³-hybridized carbons (Fsp3) is 0.133. The predicted octanol–water partition coefficient (Wildman–Crippen LogP) is 3.18. The molecule has 0 amide bonds. The van der Waals surface area contributed by atoms with Crippen LogP contribution in [0.5, 0.6) is 5.75 Å². The van der Waals surface area contributed by atoms with Gasteiger partial charge in [0, 0.05) is 6.42 Å². The zero-order valence-corrected chi connectivity index (χ0v) is 9.47. The Morgan fingerprint density at radius 2 is 1.65 bits per heavy atom. The van der Waals surface area contributed by atoms with Gasteiger partial charge < -0.3 is 4.74 Å². The molecule has 2 aromatic carbocycles. The predicted molar refractivity (Wildman–Crippen MR) is 66.8 cm³/mol. The number of hydrogen-bond acceptors (Lipinski definition) is 2. The lowest BCUT2D eigenvalue weighted by atomic mass is 10.0. The Morgan fingerprint density at radius 3 is 2.41 bits per heavy atom. The van der Waals surface area contributed by atoms with Crippen molar-refractivity contribution in [1.82, 2.24) is 0 Å². The molecule has 0 aliphatic carbocycles. The first-order valence-electron chi connectivity index (χ1n) is 5.52. The zero-order chi connectivity index (χ0) is 11.9. The van der Waals surface area contributed by atoms with Crippen molar-refractivity contribution in [2.45, 2.75) is 6.42 Å². The summed E-state index contributed by atoms with van der Waals surface area (Å²) >= 11 is 0. The average Bonchev–Trinajstić information content (AvgIpc) is 2.39. The molecular weight excluding hydrogens is 210 g/mol. The van der Waals surface area contributed by atoms with Crippen molar-refractivity contribution in [1.29, 1.82) is 5.26 Å². The molecule has 17 heavy (non-hydrogen) atoms. The molecule has 2 nitrogen and oxygen atoms in total. The first-order valence-corrected chi connectivity index (χ1v) is 5.52. The minimum absolute atomic E-state index is 0.0891. The monoisotopic (exact) mass is 223 g/mol. The van der Waals surface area contributed by atoms with Gasteiger partial charge in [-0.2, -0.15) is 5.26 Å². The molecule has 0 N–H and O–H groups in total. The third-order valence-corrected chi connectivity index (χ3v) is 2.50. The Morgan fingerprint density at radius 1 is 0.941 bits per heavy atom. The molecular formula is C15H13NO. The molecule has 0 radical (unpaired) electrons. The topological polar surface area (TPSA) is 33.0 Å². The average molecular weight is 223 g/mol. The summed E-state index contributed by atoms with van der Waals surface area (Å²) in [6.45, 7) is 0.0891. The highest BCUT2D eigenvalue weighted by molar-refractivity contribution is 5.37. The minimum atomic E-state index is 0.0891. The van der Waals surface area contributed by atoms with Gasteiger partial charge in [0.05, 0.1) is 0 Å². The van der Waals surface area contributed by atoms with Crippen molar-refractivity contribution in [3.05, 3.63) is 65.7 Å². The highest BCUT2D eigenvalue weighted by Gasteiger charge is 2.03. The Hall–Kier alpha value is -2.27. The van der Waals surface area contributed by atoms with Crippen molar-refractivity contribution in [3.63, 3.8) is 0 Å². The van der Waals surface area contributed by atoms with Gasteiger partial charge in [-0.3, -0.25) is 0 Å². The number of para-hydroxylation sites is 1. The maximum atomic E-state index is 8.53. The molecule has 0 aromatic heterocycles. The lowest BCUT2D eigenvalue weighted by Gasteiger charge is -2.08. The van der Waals surface area contributed by atoms with E-state index in [1.54, 1.807) is 0 Å². The molecule has 0 saturated carbocycles. The molecule has 0 fully saturated rings. The zero-order valence-electron chi connectivity index (χ0n) is 9.47. The standard InChI is InChI=1S/C15H13NO/c16-10-11-17-15-9-5-4-8-14(15)12-13-6-2-1-3-7-13/h1-9H,11-12H2. The van der Waals surface area contributed by atoms with Crippen LogP contribution < -0.4 is 4.74 Å². The summed E-state index contributed by atoms with van der Waals surface area (Å²) in [5.41, 5.74) is 2.34. The van der Waals surface area contributed by atoms with Crippen LogP contribution in [0.2, 0.25) is 0 Å². The number of nitriles is 1. The molecule has 0 aliphatic rings. The maximum absolute atomic E-state index is 8.53. The summed E-state index contributed by atoms with van der Waals surface area (Å²) in [7, 11) is 0. The second kappa shape index (κ2) is 5.72. The summed E-state index contributed by atoms with van der Waals surface area (Å²) in [4.78, 5) is 0.